The van der Waals surface area contributed by atoms with Gasteiger partial charge in [0.25, 0.3) is 0 Å². The van der Waals surface area contributed by atoms with Crippen molar-refractivity contribution in [2.75, 3.05) is 0 Å². The fourth-order valence-corrected chi connectivity index (χ4v) is 0.550. The lowest BCUT2D eigenvalue weighted by molar-refractivity contribution is 0.761. The van der Waals surface area contributed by atoms with Gasteiger partial charge in [0, 0.05) is 0 Å². The molecule has 1 aromatic carbocycles. The molecule has 0 radical (unpaired) electrons. The van der Waals surface area contributed by atoms with Gasteiger partial charge in [-0.2, -0.15) is 0 Å². The zero-order valence-corrected chi connectivity index (χ0v) is 6.41. The number of nitrogens with zero attached hydrogens (tertiary/aromatic N) is 4. The predicted molar refractivity (Wildman–Crippen MR) is 44.1 cm³/mol. The smallest absolute Gasteiger partial charge is 0.0716 e. The second-order valence-corrected chi connectivity index (χ2v) is 1.86. The first-order chi connectivity index (χ1) is 6.00. The van der Waals surface area contributed by atoms with Crippen molar-refractivity contribution >= 4 is 0 Å². The van der Waals surface area contributed by atoms with Crippen LogP contribution in [0.2, 0.25) is 0 Å². The molecule has 0 saturated heterocycles. The molecule has 0 unspecified atom stereocenters. The largest absolute Gasteiger partial charge is 0.136 e. The third-order valence-corrected chi connectivity index (χ3v) is 1.01. The Bertz CT molecular complexity index is 186. The lowest BCUT2D eigenvalue weighted by atomic mass is 10.4. The summed E-state index contributed by atoms with van der Waals surface area (Å²) in [6.45, 7) is 0. The Kier molecular flexibility index (Phi) is 4.07. The van der Waals surface area contributed by atoms with Crippen LogP contribution in [-0.2, 0) is 0 Å². The summed E-state index contributed by atoms with van der Waals surface area (Å²) in [5.41, 5.74) is 0. The van der Waals surface area contributed by atoms with Crippen LogP contribution in [0, 0.1) is 0 Å². The maximum absolute atomic E-state index is 3.36. The number of hydrogen-bond donors (Lipinski definition) is 0. The average molecular weight is 160 g/mol. The Morgan fingerprint density at radius 2 is 0.833 bits per heavy atom. The van der Waals surface area contributed by atoms with Gasteiger partial charge in [-0.05, 0) is 10.4 Å². The van der Waals surface area contributed by atoms with Crippen molar-refractivity contribution in [3.8, 4) is 0 Å². The number of benzene rings is 1. The lowest BCUT2D eigenvalue weighted by Gasteiger charge is -1.69. The molecule has 2 aromatic rings. The van der Waals surface area contributed by atoms with E-state index in [1.807, 2.05) is 36.4 Å². The minimum atomic E-state index is 1.47. The van der Waals surface area contributed by atoms with Gasteiger partial charge in [-0.25, -0.2) is 0 Å². The van der Waals surface area contributed by atoms with Crippen molar-refractivity contribution in [3.63, 3.8) is 0 Å². The molecule has 1 aromatic heterocycles. The summed E-state index contributed by atoms with van der Waals surface area (Å²) in [4.78, 5) is 0. The van der Waals surface area contributed by atoms with Crippen LogP contribution in [0.1, 0.15) is 0 Å². The Hall–Kier alpha value is -1.84. The summed E-state index contributed by atoms with van der Waals surface area (Å²) in [5.74, 6) is 0. The minimum absolute atomic E-state index is 1.47. The second-order valence-electron chi connectivity index (χ2n) is 1.86. The normalized spacial score (nSPS) is 8.00. The Balaban J connectivity index is 0.000000120. The maximum atomic E-state index is 3.36. The van der Waals surface area contributed by atoms with Gasteiger partial charge in [-0.15, -0.1) is 10.2 Å². The Morgan fingerprint density at radius 3 is 1.00 bits per heavy atom. The highest BCUT2D eigenvalue weighted by Crippen LogP contribution is 1.79. The van der Waals surface area contributed by atoms with Crippen LogP contribution in [-0.4, -0.2) is 20.6 Å². The standard InChI is InChI=1S/C6H6.C2H2N4/c2*1-2-4-6-5-3-1/h1-6H;1-2H. The summed E-state index contributed by atoms with van der Waals surface area (Å²) in [6, 6.07) is 12.0. The second kappa shape index (κ2) is 5.91. The summed E-state index contributed by atoms with van der Waals surface area (Å²) in [6.07, 6.45) is 2.93. The van der Waals surface area contributed by atoms with E-state index >= 15 is 0 Å². The van der Waals surface area contributed by atoms with E-state index in [9.17, 15) is 0 Å². The van der Waals surface area contributed by atoms with E-state index in [-0.39, 0.29) is 0 Å². The van der Waals surface area contributed by atoms with Gasteiger partial charge in [0.1, 0.15) is 0 Å². The molecule has 2 rings (SSSR count). The summed E-state index contributed by atoms with van der Waals surface area (Å²) >= 11 is 0. The summed E-state index contributed by atoms with van der Waals surface area (Å²) in [5, 5.41) is 13.1. The quantitative estimate of drug-likeness (QED) is 0.575. The van der Waals surface area contributed by atoms with E-state index in [0.29, 0.717) is 0 Å². The fourth-order valence-electron chi connectivity index (χ4n) is 0.550. The van der Waals surface area contributed by atoms with Crippen LogP contribution in [0.15, 0.2) is 48.8 Å². The SMILES string of the molecule is c1ccccc1.c1cnnnn1. The van der Waals surface area contributed by atoms with Crippen LogP contribution in [0.3, 0.4) is 0 Å². The zero-order chi connectivity index (χ0) is 8.49. The lowest BCUT2D eigenvalue weighted by Crippen LogP contribution is -1.84. The van der Waals surface area contributed by atoms with E-state index in [1.54, 1.807) is 0 Å². The molecule has 1 heterocycles. The van der Waals surface area contributed by atoms with Crippen LogP contribution >= 0.6 is 0 Å². The molecule has 4 heteroatoms. The van der Waals surface area contributed by atoms with Crippen LogP contribution < -0.4 is 0 Å². The van der Waals surface area contributed by atoms with E-state index in [1.165, 1.54) is 12.4 Å². The van der Waals surface area contributed by atoms with Crippen LogP contribution in [0.25, 0.3) is 0 Å². The third kappa shape index (κ3) is 4.05. The number of hydrogen-bond acceptors (Lipinski definition) is 4. The topological polar surface area (TPSA) is 51.6 Å². The Morgan fingerprint density at radius 1 is 0.500 bits per heavy atom. The predicted octanol–water partition coefficient (Wildman–Crippen LogP) is 0.953. The van der Waals surface area contributed by atoms with E-state index in [2.05, 4.69) is 20.6 Å². The van der Waals surface area contributed by atoms with Crippen molar-refractivity contribution in [1.82, 2.24) is 20.6 Å². The van der Waals surface area contributed by atoms with Crippen molar-refractivity contribution < 1.29 is 0 Å². The molecule has 0 N–H and O–H groups in total. The molecule has 0 saturated carbocycles. The maximum Gasteiger partial charge on any atom is 0.0716 e. The van der Waals surface area contributed by atoms with Crippen LogP contribution in [0.5, 0.6) is 0 Å². The van der Waals surface area contributed by atoms with Gasteiger partial charge >= 0.3 is 0 Å². The molecule has 0 fully saturated rings. The van der Waals surface area contributed by atoms with Crippen molar-refractivity contribution in [1.29, 1.82) is 0 Å². The molecule has 0 atom stereocenters. The monoisotopic (exact) mass is 160 g/mol. The first-order valence-corrected chi connectivity index (χ1v) is 3.45. The molecular weight excluding hydrogens is 152 g/mol. The number of rotatable bonds is 0. The Labute approximate surface area is 70.3 Å². The van der Waals surface area contributed by atoms with Crippen LogP contribution in [0.4, 0.5) is 0 Å². The molecule has 0 aliphatic heterocycles. The van der Waals surface area contributed by atoms with Gasteiger partial charge < -0.3 is 0 Å². The average Bonchev–Trinajstić information content (AvgIpc) is 2.24. The highest BCUT2D eigenvalue weighted by atomic mass is 15.4. The van der Waals surface area contributed by atoms with Gasteiger partial charge in [-0.1, -0.05) is 36.4 Å². The van der Waals surface area contributed by atoms with Gasteiger partial charge in [0.15, 0.2) is 0 Å². The highest BCUT2D eigenvalue weighted by molar-refractivity contribution is 4.99. The summed E-state index contributed by atoms with van der Waals surface area (Å²) in [7, 11) is 0. The van der Waals surface area contributed by atoms with E-state index < -0.39 is 0 Å². The van der Waals surface area contributed by atoms with Gasteiger partial charge in [0.2, 0.25) is 0 Å². The number of aromatic nitrogens is 4. The summed E-state index contributed by atoms with van der Waals surface area (Å²) < 4.78 is 0. The van der Waals surface area contributed by atoms with Crippen molar-refractivity contribution in [2.24, 2.45) is 0 Å². The first kappa shape index (κ1) is 8.26. The molecule has 0 aliphatic rings. The third-order valence-electron chi connectivity index (χ3n) is 1.01. The first-order valence-electron chi connectivity index (χ1n) is 3.45. The van der Waals surface area contributed by atoms with E-state index in [4.69, 9.17) is 0 Å². The van der Waals surface area contributed by atoms with Gasteiger partial charge in [0.05, 0.1) is 12.4 Å². The molecule has 0 aliphatic carbocycles. The molecule has 0 bridgehead atoms. The van der Waals surface area contributed by atoms with Crippen molar-refractivity contribution in [2.45, 2.75) is 0 Å². The molecule has 0 amide bonds. The minimum Gasteiger partial charge on any atom is -0.136 e. The highest BCUT2D eigenvalue weighted by Gasteiger charge is 1.61. The zero-order valence-electron chi connectivity index (χ0n) is 6.41. The van der Waals surface area contributed by atoms with Crippen molar-refractivity contribution in [3.05, 3.63) is 48.8 Å². The molecule has 60 valence electrons. The molecular formula is C8H8N4. The fraction of sp³-hybridized carbons (Fsp3) is 0. The molecule has 12 heavy (non-hydrogen) atoms. The van der Waals surface area contributed by atoms with Gasteiger partial charge in [-0.3, -0.25) is 0 Å². The molecule has 4 nitrogen and oxygen atoms in total. The molecule has 0 spiro atoms. The van der Waals surface area contributed by atoms with E-state index in [0.717, 1.165) is 0 Å².